The molecule has 0 amide bonds. The van der Waals surface area contributed by atoms with Crippen LogP contribution in [-0.4, -0.2) is 0 Å². The highest BCUT2D eigenvalue weighted by Crippen LogP contribution is 2.38. The predicted octanol–water partition coefficient (Wildman–Crippen LogP) is 6.36. The van der Waals surface area contributed by atoms with Crippen LogP contribution in [0.5, 0.6) is 0 Å². The maximum atomic E-state index is 13.7. The van der Waals surface area contributed by atoms with E-state index in [1.807, 2.05) is 0 Å². The fourth-order valence-corrected chi connectivity index (χ4v) is 2.59. The molecule has 0 atom stereocenters. The fraction of sp³-hybridized carbons (Fsp3) is 0.200. The van der Waals surface area contributed by atoms with Gasteiger partial charge in [0.2, 0.25) is 0 Å². The highest BCUT2D eigenvalue weighted by atomic mass is 79.9. The minimum Gasteiger partial charge on any atom is -0.207 e. The molecule has 0 unspecified atom stereocenters. The summed E-state index contributed by atoms with van der Waals surface area (Å²) in [5.74, 6) is -2.15. The average molecular weight is 419 g/mol. The van der Waals surface area contributed by atoms with Gasteiger partial charge in [0.25, 0.3) is 0 Å². The zero-order valence-electron chi connectivity index (χ0n) is 11.5. The van der Waals surface area contributed by atoms with Crippen molar-refractivity contribution in [3.63, 3.8) is 0 Å². The molecule has 2 aromatic carbocycles. The summed E-state index contributed by atoms with van der Waals surface area (Å²) >= 11 is 2.64. The van der Waals surface area contributed by atoms with Gasteiger partial charge < -0.3 is 0 Å². The molecule has 0 fully saturated rings. The molecule has 0 N–H and O–H groups in total. The van der Waals surface area contributed by atoms with Crippen molar-refractivity contribution in [2.75, 3.05) is 0 Å². The van der Waals surface area contributed by atoms with Crippen LogP contribution in [0.25, 0.3) is 0 Å². The van der Waals surface area contributed by atoms with Gasteiger partial charge in [-0.25, -0.2) is 8.78 Å². The average Bonchev–Trinajstić information content (AvgIpc) is 2.43. The van der Waals surface area contributed by atoms with Crippen LogP contribution in [0.15, 0.2) is 34.8 Å². The van der Waals surface area contributed by atoms with Gasteiger partial charge >= 0.3 is 12.4 Å². The Morgan fingerprint density at radius 3 is 1.92 bits per heavy atom. The maximum absolute atomic E-state index is 13.7. The Kier molecular flexibility index (Phi) is 4.94. The van der Waals surface area contributed by atoms with E-state index in [-0.39, 0.29) is 0 Å². The largest absolute Gasteiger partial charge is 0.416 e. The molecule has 2 aromatic rings. The van der Waals surface area contributed by atoms with Crippen LogP contribution in [0, 0.1) is 11.6 Å². The Labute approximate surface area is 139 Å². The summed E-state index contributed by atoms with van der Waals surface area (Å²) in [7, 11) is 0. The molecular weight excluding hydrogens is 412 g/mol. The quantitative estimate of drug-likeness (QED) is 0.498. The summed E-state index contributed by atoms with van der Waals surface area (Å²) in [6.45, 7) is 0. The number of alkyl halides is 6. The monoisotopic (exact) mass is 418 g/mol. The first kappa shape index (κ1) is 18.7. The number of hydrogen-bond donors (Lipinski definition) is 0. The maximum Gasteiger partial charge on any atom is 0.416 e. The molecule has 130 valence electrons. The lowest BCUT2D eigenvalue weighted by Crippen LogP contribution is -2.12. The normalized spacial score (nSPS) is 12.5. The summed E-state index contributed by atoms with van der Waals surface area (Å²) in [5.41, 5.74) is -3.77. The van der Waals surface area contributed by atoms with Crippen molar-refractivity contribution in [2.45, 2.75) is 18.8 Å². The second-order valence-corrected chi connectivity index (χ2v) is 5.66. The zero-order chi connectivity index (χ0) is 18.3. The second-order valence-electron chi connectivity index (χ2n) is 4.87. The second kappa shape index (κ2) is 6.34. The number of hydrogen-bond acceptors (Lipinski definition) is 0. The van der Waals surface area contributed by atoms with Gasteiger partial charge in [0, 0.05) is 6.42 Å². The van der Waals surface area contributed by atoms with Crippen molar-refractivity contribution in [1.29, 1.82) is 0 Å². The zero-order valence-corrected chi connectivity index (χ0v) is 13.1. The molecule has 0 saturated carbocycles. The van der Waals surface area contributed by atoms with E-state index in [9.17, 15) is 35.1 Å². The van der Waals surface area contributed by atoms with Crippen molar-refractivity contribution >= 4 is 15.9 Å². The van der Waals surface area contributed by atoms with Crippen molar-refractivity contribution in [2.24, 2.45) is 0 Å². The van der Waals surface area contributed by atoms with Gasteiger partial charge in [-0.3, -0.25) is 0 Å². The van der Waals surface area contributed by atoms with Crippen molar-refractivity contribution < 1.29 is 35.1 Å². The molecule has 24 heavy (non-hydrogen) atoms. The van der Waals surface area contributed by atoms with Crippen LogP contribution in [0.1, 0.15) is 22.3 Å². The summed E-state index contributed by atoms with van der Waals surface area (Å²) in [5, 5.41) is 0. The molecule has 0 heterocycles. The molecule has 0 aliphatic rings. The summed E-state index contributed by atoms with van der Waals surface area (Å²) in [6.07, 6.45) is -10.5. The number of benzene rings is 2. The minimum atomic E-state index is -4.87. The molecular formula is C15H7BrF8. The van der Waals surface area contributed by atoms with Gasteiger partial charge in [0.05, 0.1) is 15.6 Å². The van der Waals surface area contributed by atoms with Crippen LogP contribution in [0.2, 0.25) is 0 Å². The van der Waals surface area contributed by atoms with E-state index in [2.05, 4.69) is 15.9 Å². The Hall–Kier alpha value is -1.64. The Bertz CT molecular complexity index is 761. The SMILES string of the molecule is Fc1ccc(C(F)(F)F)cc1Cc1c(C(F)(F)F)ccc(F)c1Br. The predicted molar refractivity (Wildman–Crippen MR) is 73.3 cm³/mol. The van der Waals surface area contributed by atoms with Gasteiger partial charge in [-0.2, -0.15) is 26.3 Å². The first-order chi connectivity index (χ1) is 10.9. The lowest BCUT2D eigenvalue weighted by Gasteiger charge is -2.16. The molecule has 0 aliphatic carbocycles. The van der Waals surface area contributed by atoms with E-state index < -0.39 is 57.1 Å². The molecule has 2 rings (SSSR count). The standard InChI is InChI=1S/C15H7BrF8/c16-13-9(10(15(22,23)24)2-4-12(13)18)6-7-5-8(14(19,20)21)1-3-11(7)17/h1-5H,6H2. The van der Waals surface area contributed by atoms with E-state index >= 15 is 0 Å². The third-order valence-electron chi connectivity index (χ3n) is 3.24. The molecule has 0 saturated heterocycles. The van der Waals surface area contributed by atoms with Gasteiger partial charge in [-0.05, 0) is 57.4 Å². The number of rotatable bonds is 2. The molecule has 9 heteroatoms. The molecule has 0 radical (unpaired) electrons. The summed E-state index contributed by atoms with van der Waals surface area (Å²) in [4.78, 5) is 0. The molecule has 0 spiro atoms. The van der Waals surface area contributed by atoms with Crippen LogP contribution in [0.3, 0.4) is 0 Å². The van der Waals surface area contributed by atoms with Gasteiger partial charge in [-0.1, -0.05) is 0 Å². The van der Waals surface area contributed by atoms with E-state index in [0.29, 0.717) is 30.3 Å². The molecule has 0 aromatic heterocycles. The van der Waals surface area contributed by atoms with E-state index in [1.54, 1.807) is 0 Å². The van der Waals surface area contributed by atoms with E-state index in [4.69, 9.17) is 0 Å². The Balaban J connectivity index is 2.58. The highest BCUT2D eigenvalue weighted by molar-refractivity contribution is 9.10. The smallest absolute Gasteiger partial charge is 0.207 e. The Morgan fingerprint density at radius 2 is 1.38 bits per heavy atom. The van der Waals surface area contributed by atoms with Crippen LogP contribution in [0.4, 0.5) is 35.1 Å². The third kappa shape index (κ3) is 3.88. The summed E-state index contributed by atoms with van der Waals surface area (Å²) in [6, 6.07) is 2.43. The first-order valence-corrected chi connectivity index (χ1v) is 7.10. The van der Waals surface area contributed by atoms with Gasteiger partial charge in [0.15, 0.2) is 0 Å². The van der Waals surface area contributed by atoms with Gasteiger partial charge in [0.1, 0.15) is 11.6 Å². The van der Waals surface area contributed by atoms with E-state index in [0.717, 1.165) is 0 Å². The fourth-order valence-electron chi connectivity index (χ4n) is 2.11. The molecule has 0 aliphatic heterocycles. The van der Waals surface area contributed by atoms with Crippen LogP contribution in [-0.2, 0) is 18.8 Å². The molecule has 0 bridgehead atoms. The first-order valence-electron chi connectivity index (χ1n) is 6.31. The van der Waals surface area contributed by atoms with Crippen molar-refractivity contribution in [3.05, 3.63) is 68.7 Å². The topological polar surface area (TPSA) is 0 Å². The van der Waals surface area contributed by atoms with Crippen molar-refractivity contribution in [1.82, 2.24) is 0 Å². The lowest BCUT2D eigenvalue weighted by atomic mass is 9.97. The van der Waals surface area contributed by atoms with Crippen LogP contribution >= 0.6 is 15.9 Å². The van der Waals surface area contributed by atoms with Crippen LogP contribution < -0.4 is 0 Å². The number of halogens is 9. The van der Waals surface area contributed by atoms with Crippen molar-refractivity contribution in [3.8, 4) is 0 Å². The third-order valence-corrected chi connectivity index (χ3v) is 4.10. The van der Waals surface area contributed by atoms with Gasteiger partial charge in [-0.15, -0.1) is 0 Å². The molecule has 0 nitrogen and oxygen atoms in total. The van der Waals surface area contributed by atoms with E-state index in [1.165, 1.54) is 0 Å². The highest BCUT2D eigenvalue weighted by Gasteiger charge is 2.36. The Morgan fingerprint density at radius 1 is 0.792 bits per heavy atom. The minimum absolute atomic E-state index is 0.410. The lowest BCUT2D eigenvalue weighted by molar-refractivity contribution is -0.139. The summed E-state index contributed by atoms with van der Waals surface area (Å²) < 4.78 is 104.